The first-order valence-corrected chi connectivity index (χ1v) is 7.17. The van der Waals surface area contributed by atoms with Crippen molar-refractivity contribution in [3.8, 4) is 0 Å². The molecule has 1 aromatic heterocycles. The molecule has 1 aromatic carbocycles. The highest BCUT2D eigenvalue weighted by atomic mass is 32.1. The van der Waals surface area contributed by atoms with Gasteiger partial charge in [0, 0.05) is 17.5 Å². The molecule has 0 amide bonds. The SMILES string of the molecule is OCC(Cc1ccccc1)NCCc1cccs1. The number of thiophene rings is 1. The molecule has 0 radical (unpaired) electrons. The zero-order valence-corrected chi connectivity index (χ0v) is 11.2. The van der Waals surface area contributed by atoms with Crippen molar-refractivity contribution in [3.05, 3.63) is 58.3 Å². The molecule has 1 unspecified atom stereocenters. The van der Waals surface area contributed by atoms with Crippen LogP contribution in [0.1, 0.15) is 10.4 Å². The monoisotopic (exact) mass is 261 g/mol. The van der Waals surface area contributed by atoms with Crippen molar-refractivity contribution in [1.29, 1.82) is 0 Å². The molecule has 1 heterocycles. The summed E-state index contributed by atoms with van der Waals surface area (Å²) in [5.74, 6) is 0. The van der Waals surface area contributed by atoms with E-state index in [1.165, 1.54) is 10.4 Å². The van der Waals surface area contributed by atoms with Crippen LogP contribution in [0.5, 0.6) is 0 Å². The van der Waals surface area contributed by atoms with Crippen LogP contribution in [-0.4, -0.2) is 24.3 Å². The Hall–Kier alpha value is -1.16. The van der Waals surface area contributed by atoms with E-state index >= 15 is 0 Å². The molecule has 0 aliphatic rings. The van der Waals surface area contributed by atoms with Gasteiger partial charge in [-0.05, 0) is 29.9 Å². The molecule has 0 aliphatic heterocycles. The van der Waals surface area contributed by atoms with E-state index in [0.29, 0.717) is 0 Å². The maximum atomic E-state index is 9.38. The van der Waals surface area contributed by atoms with Gasteiger partial charge in [-0.2, -0.15) is 0 Å². The van der Waals surface area contributed by atoms with E-state index in [2.05, 4.69) is 35.0 Å². The summed E-state index contributed by atoms with van der Waals surface area (Å²) < 4.78 is 0. The minimum atomic E-state index is 0.146. The third kappa shape index (κ3) is 4.26. The molecule has 0 saturated carbocycles. The zero-order chi connectivity index (χ0) is 12.6. The molecule has 3 heteroatoms. The number of rotatable bonds is 7. The van der Waals surface area contributed by atoms with Crippen LogP contribution in [0.15, 0.2) is 47.8 Å². The summed E-state index contributed by atoms with van der Waals surface area (Å²) >= 11 is 1.78. The predicted molar refractivity (Wildman–Crippen MR) is 77.0 cm³/mol. The molecule has 0 bridgehead atoms. The fourth-order valence-electron chi connectivity index (χ4n) is 1.95. The highest BCUT2D eigenvalue weighted by molar-refractivity contribution is 7.09. The highest BCUT2D eigenvalue weighted by Gasteiger charge is 2.07. The minimum absolute atomic E-state index is 0.146. The Morgan fingerprint density at radius 2 is 1.94 bits per heavy atom. The molecule has 0 spiro atoms. The second-order valence-electron chi connectivity index (χ2n) is 4.35. The van der Waals surface area contributed by atoms with Gasteiger partial charge in [0.15, 0.2) is 0 Å². The van der Waals surface area contributed by atoms with Gasteiger partial charge in [-0.1, -0.05) is 36.4 Å². The molecule has 2 nitrogen and oxygen atoms in total. The lowest BCUT2D eigenvalue weighted by atomic mass is 10.1. The van der Waals surface area contributed by atoms with Gasteiger partial charge in [-0.15, -0.1) is 11.3 Å². The Morgan fingerprint density at radius 3 is 2.61 bits per heavy atom. The maximum absolute atomic E-state index is 9.38. The Kier molecular flexibility index (Phi) is 5.39. The quantitative estimate of drug-likeness (QED) is 0.802. The molecular formula is C15H19NOS. The highest BCUT2D eigenvalue weighted by Crippen LogP contribution is 2.08. The fourth-order valence-corrected chi connectivity index (χ4v) is 2.66. The van der Waals surface area contributed by atoms with Crippen molar-refractivity contribution >= 4 is 11.3 Å². The summed E-state index contributed by atoms with van der Waals surface area (Å²) in [4.78, 5) is 1.39. The largest absolute Gasteiger partial charge is 0.395 e. The Balaban J connectivity index is 1.75. The van der Waals surface area contributed by atoms with Gasteiger partial charge in [0.25, 0.3) is 0 Å². The first-order chi connectivity index (χ1) is 8.88. The standard InChI is InChI=1S/C15H19NOS/c17-12-14(11-13-5-2-1-3-6-13)16-9-8-15-7-4-10-18-15/h1-7,10,14,16-17H,8-9,11-12H2. The van der Waals surface area contributed by atoms with Gasteiger partial charge in [0.2, 0.25) is 0 Å². The summed E-state index contributed by atoms with van der Waals surface area (Å²) in [6, 6.07) is 14.7. The van der Waals surface area contributed by atoms with Crippen LogP contribution in [-0.2, 0) is 12.8 Å². The summed E-state index contributed by atoms with van der Waals surface area (Å²) in [6.45, 7) is 1.10. The van der Waals surface area contributed by atoms with Crippen molar-refractivity contribution in [1.82, 2.24) is 5.32 Å². The molecule has 0 aliphatic carbocycles. The summed E-state index contributed by atoms with van der Waals surface area (Å²) in [5, 5.41) is 14.9. The lowest BCUT2D eigenvalue weighted by Crippen LogP contribution is -2.35. The van der Waals surface area contributed by atoms with Gasteiger partial charge in [-0.25, -0.2) is 0 Å². The number of aliphatic hydroxyl groups excluding tert-OH is 1. The average molecular weight is 261 g/mol. The number of benzene rings is 1. The van der Waals surface area contributed by atoms with Crippen LogP contribution in [0, 0.1) is 0 Å². The molecule has 2 aromatic rings. The lowest BCUT2D eigenvalue weighted by Gasteiger charge is -2.16. The molecule has 0 fully saturated rings. The molecule has 18 heavy (non-hydrogen) atoms. The number of nitrogens with one attached hydrogen (secondary N) is 1. The van der Waals surface area contributed by atoms with Crippen molar-refractivity contribution < 1.29 is 5.11 Å². The van der Waals surface area contributed by atoms with Crippen LogP contribution in [0.3, 0.4) is 0 Å². The molecular weight excluding hydrogens is 242 g/mol. The first-order valence-electron chi connectivity index (χ1n) is 6.29. The van der Waals surface area contributed by atoms with Crippen molar-refractivity contribution in [2.45, 2.75) is 18.9 Å². The fraction of sp³-hybridized carbons (Fsp3) is 0.333. The minimum Gasteiger partial charge on any atom is -0.395 e. The maximum Gasteiger partial charge on any atom is 0.0587 e. The van der Waals surface area contributed by atoms with E-state index in [1.807, 2.05) is 18.2 Å². The topological polar surface area (TPSA) is 32.3 Å². The third-order valence-corrected chi connectivity index (χ3v) is 3.87. The van der Waals surface area contributed by atoms with Crippen LogP contribution in [0.2, 0.25) is 0 Å². The second kappa shape index (κ2) is 7.31. The van der Waals surface area contributed by atoms with Gasteiger partial charge < -0.3 is 10.4 Å². The molecule has 1 atom stereocenters. The van der Waals surface area contributed by atoms with Gasteiger partial charge in [-0.3, -0.25) is 0 Å². The van der Waals surface area contributed by atoms with E-state index in [4.69, 9.17) is 0 Å². The summed E-state index contributed by atoms with van der Waals surface area (Å²) in [7, 11) is 0. The van der Waals surface area contributed by atoms with Gasteiger partial charge >= 0.3 is 0 Å². The van der Waals surface area contributed by atoms with E-state index in [9.17, 15) is 5.11 Å². The molecule has 0 saturated heterocycles. The number of hydrogen-bond donors (Lipinski definition) is 2. The molecule has 2 N–H and O–H groups in total. The molecule has 2 rings (SSSR count). The number of aliphatic hydroxyl groups is 1. The predicted octanol–water partition coefficient (Wildman–Crippen LogP) is 2.48. The lowest BCUT2D eigenvalue weighted by molar-refractivity contribution is 0.242. The van der Waals surface area contributed by atoms with Crippen LogP contribution in [0.4, 0.5) is 0 Å². The Morgan fingerprint density at radius 1 is 1.11 bits per heavy atom. The van der Waals surface area contributed by atoms with E-state index in [0.717, 1.165) is 19.4 Å². The van der Waals surface area contributed by atoms with Gasteiger partial charge in [0.05, 0.1) is 6.61 Å². The van der Waals surface area contributed by atoms with Crippen molar-refractivity contribution in [2.24, 2.45) is 0 Å². The number of hydrogen-bond acceptors (Lipinski definition) is 3. The Labute approximate surface area is 112 Å². The van der Waals surface area contributed by atoms with Crippen LogP contribution < -0.4 is 5.32 Å². The van der Waals surface area contributed by atoms with Crippen molar-refractivity contribution in [2.75, 3.05) is 13.2 Å². The second-order valence-corrected chi connectivity index (χ2v) is 5.38. The summed E-state index contributed by atoms with van der Waals surface area (Å²) in [5.41, 5.74) is 1.26. The third-order valence-electron chi connectivity index (χ3n) is 2.93. The van der Waals surface area contributed by atoms with Crippen LogP contribution in [0.25, 0.3) is 0 Å². The first kappa shape index (κ1) is 13.3. The molecule has 96 valence electrons. The van der Waals surface area contributed by atoms with Gasteiger partial charge in [0.1, 0.15) is 0 Å². The summed E-state index contributed by atoms with van der Waals surface area (Å²) in [6.07, 6.45) is 1.91. The van der Waals surface area contributed by atoms with E-state index in [1.54, 1.807) is 11.3 Å². The average Bonchev–Trinajstić information content (AvgIpc) is 2.92. The van der Waals surface area contributed by atoms with Crippen LogP contribution >= 0.6 is 11.3 Å². The Bertz CT molecular complexity index is 427. The zero-order valence-electron chi connectivity index (χ0n) is 10.4. The smallest absolute Gasteiger partial charge is 0.0587 e. The van der Waals surface area contributed by atoms with E-state index < -0.39 is 0 Å². The van der Waals surface area contributed by atoms with Crippen molar-refractivity contribution in [3.63, 3.8) is 0 Å². The normalized spacial score (nSPS) is 12.5. The van der Waals surface area contributed by atoms with E-state index in [-0.39, 0.29) is 12.6 Å².